The van der Waals surface area contributed by atoms with Crippen LogP contribution in [-0.2, 0) is 0 Å². The minimum atomic E-state index is -0.587. The lowest BCUT2D eigenvalue weighted by molar-refractivity contribution is 0.0677. The molecule has 0 aromatic heterocycles. The number of amides is 1. The molecule has 0 aliphatic carbocycles. The molecule has 1 aromatic carbocycles. The molecule has 1 aliphatic rings. The highest BCUT2D eigenvalue weighted by Gasteiger charge is 2.28. The normalized spacial score (nSPS) is 19.6. The first-order chi connectivity index (χ1) is 8.13. The summed E-state index contributed by atoms with van der Waals surface area (Å²) in [6.45, 7) is 0.555. The lowest BCUT2D eigenvalue weighted by Gasteiger charge is -2.23. The van der Waals surface area contributed by atoms with Crippen LogP contribution in [0.4, 0.5) is 10.1 Å². The van der Waals surface area contributed by atoms with Crippen LogP contribution in [0.1, 0.15) is 23.2 Å². The van der Waals surface area contributed by atoms with Crippen molar-refractivity contribution in [1.29, 1.82) is 0 Å². The van der Waals surface area contributed by atoms with Gasteiger partial charge in [0, 0.05) is 12.1 Å². The van der Waals surface area contributed by atoms with Crippen molar-refractivity contribution in [2.24, 2.45) is 0 Å². The second kappa shape index (κ2) is 4.71. The van der Waals surface area contributed by atoms with Gasteiger partial charge in [-0.2, -0.15) is 0 Å². The van der Waals surface area contributed by atoms with E-state index in [1.165, 1.54) is 12.1 Å². The Kier molecular flexibility index (Phi) is 3.28. The van der Waals surface area contributed by atoms with Crippen molar-refractivity contribution in [2.45, 2.75) is 18.9 Å². The van der Waals surface area contributed by atoms with E-state index in [0.717, 1.165) is 18.9 Å². The summed E-state index contributed by atoms with van der Waals surface area (Å²) < 4.78 is 13.3. The van der Waals surface area contributed by atoms with Gasteiger partial charge in [0.1, 0.15) is 5.82 Å². The minimum absolute atomic E-state index is 0.0293. The third kappa shape index (κ3) is 2.24. The fourth-order valence-electron chi connectivity index (χ4n) is 2.12. The third-order valence-electron chi connectivity index (χ3n) is 3.10. The summed E-state index contributed by atoms with van der Waals surface area (Å²) in [5.41, 5.74) is 5.66. The van der Waals surface area contributed by atoms with Crippen molar-refractivity contribution in [1.82, 2.24) is 4.90 Å². The molecule has 1 aromatic rings. The van der Waals surface area contributed by atoms with Gasteiger partial charge in [-0.05, 0) is 31.0 Å². The Morgan fingerprint density at radius 3 is 3.00 bits per heavy atom. The van der Waals surface area contributed by atoms with Gasteiger partial charge in [0.05, 0.1) is 18.3 Å². The van der Waals surface area contributed by atoms with E-state index in [1.807, 2.05) is 0 Å². The molecule has 1 atom stereocenters. The maximum atomic E-state index is 13.3. The lowest BCUT2D eigenvalue weighted by atomic mass is 10.1. The quantitative estimate of drug-likeness (QED) is 0.755. The van der Waals surface area contributed by atoms with Gasteiger partial charge in [-0.25, -0.2) is 4.39 Å². The van der Waals surface area contributed by atoms with Gasteiger partial charge >= 0.3 is 0 Å². The van der Waals surface area contributed by atoms with Gasteiger partial charge in [0.2, 0.25) is 0 Å². The Balaban J connectivity index is 2.21. The summed E-state index contributed by atoms with van der Waals surface area (Å²) in [5, 5.41) is 9.14. The molecule has 0 unspecified atom stereocenters. The van der Waals surface area contributed by atoms with E-state index in [9.17, 15) is 9.18 Å². The number of carbonyl (C=O) groups is 1. The average Bonchev–Trinajstić information content (AvgIpc) is 2.80. The Labute approximate surface area is 98.8 Å². The Morgan fingerprint density at radius 2 is 2.35 bits per heavy atom. The van der Waals surface area contributed by atoms with E-state index < -0.39 is 5.82 Å². The molecule has 1 aliphatic heterocycles. The van der Waals surface area contributed by atoms with Crippen LogP contribution in [0.5, 0.6) is 0 Å². The molecule has 0 saturated carbocycles. The zero-order valence-electron chi connectivity index (χ0n) is 9.40. The Morgan fingerprint density at radius 1 is 1.59 bits per heavy atom. The number of hydrogen-bond acceptors (Lipinski definition) is 3. The highest BCUT2D eigenvalue weighted by Crippen LogP contribution is 2.21. The fourth-order valence-corrected chi connectivity index (χ4v) is 2.12. The molecule has 92 valence electrons. The number of aliphatic hydroxyl groups excluding tert-OH is 1. The number of halogens is 1. The molecule has 0 spiro atoms. The summed E-state index contributed by atoms with van der Waals surface area (Å²) in [4.78, 5) is 13.7. The molecule has 5 heteroatoms. The summed E-state index contributed by atoms with van der Waals surface area (Å²) >= 11 is 0. The van der Waals surface area contributed by atoms with Crippen LogP contribution in [-0.4, -0.2) is 35.1 Å². The van der Waals surface area contributed by atoms with Gasteiger partial charge in [-0.3, -0.25) is 4.79 Å². The van der Waals surface area contributed by atoms with Gasteiger partial charge in [0.15, 0.2) is 0 Å². The van der Waals surface area contributed by atoms with Gasteiger partial charge in [-0.1, -0.05) is 0 Å². The summed E-state index contributed by atoms with van der Waals surface area (Å²) in [6, 6.07) is 3.88. The number of nitrogens with zero attached hydrogens (tertiary/aromatic N) is 1. The van der Waals surface area contributed by atoms with Crippen LogP contribution < -0.4 is 5.73 Å². The van der Waals surface area contributed by atoms with E-state index in [0.29, 0.717) is 6.54 Å². The topological polar surface area (TPSA) is 66.6 Å². The first-order valence-corrected chi connectivity index (χ1v) is 5.60. The van der Waals surface area contributed by atoms with Crippen molar-refractivity contribution in [3.8, 4) is 0 Å². The standard InChI is InChI=1S/C12H15FN2O2/c13-10-6-8(3-4-11(10)14)12(17)15-5-1-2-9(15)7-16/h3-4,6,9,16H,1-2,5,7,14H2/t9-/m1/s1. The van der Waals surface area contributed by atoms with Gasteiger partial charge in [-0.15, -0.1) is 0 Å². The Hall–Kier alpha value is -1.62. The van der Waals surface area contributed by atoms with Crippen molar-refractivity contribution >= 4 is 11.6 Å². The van der Waals surface area contributed by atoms with E-state index >= 15 is 0 Å². The highest BCUT2D eigenvalue weighted by molar-refractivity contribution is 5.95. The number of nitrogens with two attached hydrogens (primary N) is 1. The highest BCUT2D eigenvalue weighted by atomic mass is 19.1. The molecule has 0 radical (unpaired) electrons. The Bertz CT molecular complexity index is 437. The predicted octanol–water partition coefficient (Wildman–Crippen LogP) is 1.00. The van der Waals surface area contributed by atoms with Crippen LogP contribution in [0.2, 0.25) is 0 Å². The maximum absolute atomic E-state index is 13.3. The average molecular weight is 238 g/mol. The van der Waals surface area contributed by atoms with Gasteiger partial charge < -0.3 is 15.7 Å². The number of benzene rings is 1. The minimum Gasteiger partial charge on any atom is -0.396 e. The molecule has 1 fully saturated rings. The molecule has 1 saturated heterocycles. The second-order valence-electron chi connectivity index (χ2n) is 4.21. The largest absolute Gasteiger partial charge is 0.396 e. The van der Waals surface area contributed by atoms with Crippen molar-refractivity contribution in [3.05, 3.63) is 29.6 Å². The number of rotatable bonds is 2. The van der Waals surface area contributed by atoms with Crippen LogP contribution in [0.15, 0.2) is 18.2 Å². The van der Waals surface area contributed by atoms with Crippen LogP contribution in [0.3, 0.4) is 0 Å². The van der Waals surface area contributed by atoms with E-state index in [2.05, 4.69) is 0 Å². The molecule has 0 bridgehead atoms. The molecular weight excluding hydrogens is 223 g/mol. The van der Waals surface area contributed by atoms with E-state index in [-0.39, 0.29) is 29.8 Å². The molecule has 3 N–H and O–H groups in total. The molecule has 17 heavy (non-hydrogen) atoms. The SMILES string of the molecule is Nc1ccc(C(=O)N2CCC[C@@H]2CO)cc1F. The van der Waals surface area contributed by atoms with Crippen LogP contribution in [0.25, 0.3) is 0 Å². The molecular formula is C12H15FN2O2. The first-order valence-electron chi connectivity index (χ1n) is 5.60. The predicted molar refractivity (Wildman–Crippen MR) is 62.0 cm³/mol. The second-order valence-corrected chi connectivity index (χ2v) is 4.21. The zero-order valence-corrected chi connectivity index (χ0v) is 9.40. The summed E-state index contributed by atoms with van der Waals surface area (Å²) in [5.74, 6) is -0.837. The summed E-state index contributed by atoms with van der Waals surface area (Å²) in [7, 11) is 0. The fraction of sp³-hybridized carbons (Fsp3) is 0.417. The molecule has 1 amide bonds. The monoisotopic (exact) mass is 238 g/mol. The molecule has 4 nitrogen and oxygen atoms in total. The number of carbonyl (C=O) groups excluding carboxylic acids is 1. The maximum Gasteiger partial charge on any atom is 0.254 e. The van der Waals surface area contributed by atoms with Crippen LogP contribution >= 0.6 is 0 Å². The molecule has 1 heterocycles. The van der Waals surface area contributed by atoms with Gasteiger partial charge in [0.25, 0.3) is 5.91 Å². The smallest absolute Gasteiger partial charge is 0.254 e. The first kappa shape index (κ1) is 11.9. The number of anilines is 1. The number of aliphatic hydroxyl groups is 1. The number of nitrogen functional groups attached to an aromatic ring is 1. The number of likely N-dealkylation sites (tertiary alicyclic amines) is 1. The van der Waals surface area contributed by atoms with Crippen LogP contribution in [0, 0.1) is 5.82 Å². The third-order valence-corrected chi connectivity index (χ3v) is 3.10. The van der Waals surface area contributed by atoms with Crippen molar-refractivity contribution in [3.63, 3.8) is 0 Å². The van der Waals surface area contributed by atoms with E-state index in [1.54, 1.807) is 4.90 Å². The lowest BCUT2D eigenvalue weighted by Crippen LogP contribution is -2.37. The van der Waals surface area contributed by atoms with Crippen molar-refractivity contribution in [2.75, 3.05) is 18.9 Å². The zero-order chi connectivity index (χ0) is 12.4. The summed E-state index contributed by atoms with van der Waals surface area (Å²) in [6.07, 6.45) is 1.66. The number of hydrogen-bond donors (Lipinski definition) is 2. The molecule has 2 rings (SSSR count). The van der Waals surface area contributed by atoms with Crippen molar-refractivity contribution < 1.29 is 14.3 Å². The van der Waals surface area contributed by atoms with E-state index in [4.69, 9.17) is 10.8 Å².